The molecule has 9 heteroatoms. The molecule has 166 valence electrons. The highest BCUT2D eigenvalue weighted by atomic mass is 19.1. The van der Waals surface area contributed by atoms with Crippen LogP contribution in [0.5, 0.6) is 5.75 Å². The molecule has 2 aromatic carbocycles. The maximum Gasteiger partial charge on any atom is 0.435 e. The lowest BCUT2D eigenvalue weighted by atomic mass is 9.73. The molecule has 1 spiro atoms. The number of carbonyl (C=O) groups excluding carboxylic acids is 2. The Hall–Kier alpha value is -3.62. The fourth-order valence-electron chi connectivity index (χ4n) is 4.45. The fraction of sp³-hybridized carbons (Fsp3) is 0.348. The topological polar surface area (TPSA) is 94.5 Å². The van der Waals surface area contributed by atoms with Crippen LogP contribution in [-0.4, -0.2) is 34.1 Å². The molecule has 2 amide bonds. The molecule has 0 radical (unpaired) electrons. The van der Waals surface area contributed by atoms with E-state index in [0.717, 1.165) is 23.9 Å². The number of hydrogen-bond acceptors (Lipinski definition) is 5. The molecule has 3 aromatic rings. The number of aromatic nitrogens is 2. The Morgan fingerprint density at radius 2 is 2.16 bits per heavy atom. The molecule has 2 heterocycles. The zero-order valence-electron chi connectivity index (χ0n) is 17.6. The molecule has 5 rings (SSSR count). The summed E-state index contributed by atoms with van der Waals surface area (Å²) in [6, 6.07) is 8.77. The van der Waals surface area contributed by atoms with Crippen LogP contribution in [-0.2, 0) is 4.74 Å². The number of nitrogens with one attached hydrogen (secondary N) is 2. The summed E-state index contributed by atoms with van der Waals surface area (Å²) in [5.41, 5.74) is 1.35. The minimum absolute atomic E-state index is 0.231. The zero-order valence-corrected chi connectivity index (χ0v) is 17.6. The first-order valence-corrected chi connectivity index (χ1v) is 10.7. The lowest BCUT2D eigenvalue weighted by molar-refractivity contribution is -0.0355. The van der Waals surface area contributed by atoms with Gasteiger partial charge in [0.2, 0.25) is 0 Å². The van der Waals surface area contributed by atoms with Gasteiger partial charge in [0.1, 0.15) is 17.2 Å². The highest BCUT2D eigenvalue weighted by Gasteiger charge is 2.46. The van der Waals surface area contributed by atoms with E-state index in [9.17, 15) is 14.0 Å². The van der Waals surface area contributed by atoms with Crippen LogP contribution in [0, 0.1) is 5.82 Å². The quantitative estimate of drug-likeness (QED) is 0.616. The van der Waals surface area contributed by atoms with Crippen molar-refractivity contribution in [3.8, 4) is 5.75 Å². The largest absolute Gasteiger partial charge is 0.487 e. The Kier molecular flexibility index (Phi) is 4.96. The van der Waals surface area contributed by atoms with Gasteiger partial charge in [0.05, 0.1) is 30.0 Å². The number of ether oxygens (including phenoxy) is 2. The molecule has 1 aliphatic heterocycles. The molecule has 1 aliphatic carbocycles. The van der Waals surface area contributed by atoms with Crippen molar-refractivity contribution in [1.29, 1.82) is 0 Å². The Morgan fingerprint density at radius 3 is 2.91 bits per heavy atom. The molecular weight excluding hydrogens is 415 g/mol. The normalized spacial score (nSPS) is 18.4. The second kappa shape index (κ2) is 7.81. The van der Waals surface area contributed by atoms with Gasteiger partial charge >= 0.3 is 12.1 Å². The Bertz CT molecular complexity index is 1200. The molecular formula is C23H23FN4O4. The number of amides is 2. The van der Waals surface area contributed by atoms with Gasteiger partial charge in [-0.1, -0.05) is 6.07 Å². The van der Waals surface area contributed by atoms with Gasteiger partial charge in [-0.3, -0.25) is 0 Å². The monoisotopic (exact) mass is 438 g/mol. The van der Waals surface area contributed by atoms with Gasteiger partial charge in [-0.05, 0) is 56.5 Å². The third kappa shape index (κ3) is 3.53. The van der Waals surface area contributed by atoms with Crippen molar-refractivity contribution < 1.29 is 23.5 Å². The van der Waals surface area contributed by atoms with Crippen LogP contribution in [0.3, 0.4) is 0 Å². The minimum Gasteiger partial charge on any atom is -0.487 e. The maximum absolute atomic E-state index is 13.9. The van der Waals surface area contributed by atoms with Crippen LogP contribution >= 0.6 is 0 Å². The summed E-state index contributed by atoms with van der Waals surface area (Å²) in [7, 11) is 0. The van der Waals surface area contributed by atoms with E-state index in [1.807, 2.05) is 0 Å². The summed E-state index contributed by atoms with van der Waals surface area (Å²) in [6.07, 6.45) is 4.40. The van der Waals surface area contributed by atoms with E-state index < -0.39 is 12.1 Å². The maximum atomic E-state index is 13.9. The number of halogens is 1. The molecule has 0 bridgehead atoms. The summed E-state index contributed by atoms with van der Waals surface area (Å²) >= 11 is 0. The van der Waals surface area contributed by atoms with Gasteiger partial charge in [-0.2, -0.15) is 9.78 Å². The highest BCUT2D eigenvalue weighted by Crippen LogP contribution is 2.48. The second-order valence-corrected chi connectivity index (χ2v) is 8.17. The van der Waals surface area contributed by atoms with Crippen LogP contribution < -0.4 is 15.4 Å². The van der Waals surface area contributed by atoms with Crippen LogP contribution in [0.4, 0.5) is 19.7 Å². The molecule has 2 N–H and O–H groups in total. The molecule has 8 nitrogen and oxygen atoms in total. The average molecular weight is 438 g/mol. The Balaban J connectivity index is 1.38. The third-order valence-electron chi connectivity index (χ3n) is 6.12. The van der Waals surface area contributed by atoms with E-state index in [-0.39, 0.29) is 24.1 Å². The molecule has 1 fully saturated rings. The first kappa shape index (κ1) is 20.3. The number of benzene rings is 2. The van der Waals surface area contributed by atoms with Gasteiger partial charge in [0.15, 0.2) is 0 Å². The molecule has 0 saturated heterocycles. The van der Waals surface area contributed by atoms with Crippen molar-refractivity contribution in [1.82, 2.24) is 15.1 Å². The molecule has 1 saturated carbocycles. The summed E-state index contributed by atoms with van der Waals surface area (Å²) in [6.45, 7) is 1.95. The Morgan fingerprint density at radius 1 is 1.31 bits per heavy atom. The number of fused-ring (bicyclic) bond motifs is 2. The van der Waals surface area contributed by atoms with Gasteiger partial charge in [-0.15, -0.1) is 0 Å². The van der Waals surface area contributed by atoms with E-state index in [4.69, 9.17) is 9.47 Å². The van der Waals surface area contributed by atoms with E-state index in [1.165, 1.54) is 18.3 Å². The number of rotatable bonds is 3. The Labute approximate surface area is 183 Å². The summed E-state index contributed by atoms with van der Waals surface area (Å²) < 4.78 is 26.2. The lowest BCUT2D eigenvalue weighted by Crippen LogP contribution is -2.50. The number of nitrogens with zero attached hydrogens (tertiary/aromatic N) is 2. The molecule has 2 aliphatic rings. The average Bonchev–Trinajstić information content (AvgIpc) is 3.18. The van der Waals surface area contributed by atoms with Gasteiger partial charge in [0, 0.05) is 17.4 Å². The standard InChI is InChI=1S/C23H23FN4O4/c1-2-31-22(30)28-19-6-3-5-17(16(19)13-25-28)26-21(29)27-18-12-23(9-4-10-23)32-20-8-7-14(24)11-15(18)20/h3,5-8,11,13,18H,2,4,9-10,12H2,1H3,(H2,26,27,29). The van der Waals surface area contributed by atoms with Gasteiger partial charge in [-0.25, -0.2) is 14.0 Å². The highest BCUT2D eigenvalue weighted by molar-refractivity contribution is 6.02. The van der Waals surface area contributed by atoms with Gasteiger partial charge in [0.25, 0.3) is 0 Å². The van der Waals surface area contributed by atoms with E-state index in [1.54, 1.807) is 31.2 Å². The van der Waals surface area contributed by atoms with Crippen molar-refractivity contribution >= 4 is 28.7 Å². The predicted molar refractivity (Wildman–Crippen MR) is 115 cm³/mol. The van der Waals surface area contributed by atoms with Gasteiger partial charge < -0.3 is 20.1 Å². The molecule has 1 unspecified atom stereocenters. The molecule has 32 heavy (non-hydrogen) atoms. The minimum atomic E-state index is -0.587. The van der Waals surface area contributed by atoms with E-state index in [0.29, 0.717) is 34.3 Å². The van der Waals surface area contributed by atoms with E-state index >= 15 is 0 Å². The summed E-state index contributed by atoms with van der Waals surface area (Å²) in [5, 5.41) is 10.5. The molecule has 1 aromatic heterocycles. The fourth-order valence-corrected chi connectivity index (χ4v) is 4.45. The van der Waals surface area contributed by atoms with E-state index in [2.05, 4.69) is 15.7 Å². The van der Waals surface area contributed by atoms with Crippen molar-refractivity contribution in [3.63, 3.8) is 0 Å². The van der Waals surface area contributed by atoms with Crippen molar-refractivity contribution in [2.75, 3.05) is 11.9 Å². The summed E-state index contributed by atoms with van der Waals surface area (Å²) in [4.78, 5) is 25.0. The predicted octanol–water partition coefficient (Wildman–Crippen LogP) is 4.75. The van der Waals surface area contributed by atoms with Crippen LogP contribution in [0.2, 0.25) is 0 Å². The first-order valence-electron chi connectivity index (χ1n) is 10.7. The summed E-state index contributed by atoms with van der Waals surface area (Å²) in [5.74, 6) is 0.237. The smallest absolute Gasteiger partial charge is 0.435 e. The lowest BCUT2D eigenvalue weighted by Gasteiger charge is -2.48. The van der Waals surface area contributed by atoms with Crippen molar-refractivity contribution in [2.45, 2.75) is 44.2 Å². The van der Waals surface area contributed by atoms with Crippen LogP contribution in [0.25, 0.3) is 10.9 Å². The second-order valence-electron chi connectivity index (χ2n) is 8.17. The first-order chi connectivity index (χ1) is 15.5. The zero-order chi connectivity index (χ0) is 22.3. The van der Waals surface area contributed by atoms with Crippen molar-refractivity contribution in [3.05, 3.63) is 54.0 Å². The number of anilines is 1. The number of hydrogen-bond donors (Lipinski definition) is 2. The van der Waals surface area contributed by atoms with Crippen LogP contribution in [0.1, 0.15) is 44.2 Å². The van der Waals surface area contributed by atoms with Crippen LogP contribution in [0.15, 0.2) is 42.6 Å². The SMILES string of the molecule is CCOC(=O)n1ncc2c(NC(=O)NC3CC4(CCC4)Oc4ccc(F)cc43)cccc21. The third-order valence-corrected chi connectivity index (χ3v) is 6.12. The van der Waals surface area contributed by atoms with Crippen molar-refractivity contribution in [2.24, 2.45) is 0 Å². The number of carbonyl (C=O) groups is 2. The molecule has 1 atom stereocenters. The number of urea groups is 1.